The lowest BCUT2D eigenvalue weighted by molar-refractivity contribution is 0.340. The molecule has 178 valence electrons. The van der Waals surface area contributed by atoms with Crippen LogP contribution in [0, 0.1) is 5.92 Å². The molecule has 1 unspecified atom stereocenters. The van der Waals surface area contributed by atoms with Crippen molar-refractivity contribution in [3.05, 3.63) is 65.7 Å². The van der Waals surface area contributed by atoms with E-state index >= 15 is 0 Å². The molecule has 4 rings (SSSR count). The standard InChI is InChI=1S/C26H30N4O3S/c1-6-32-20-12-10-18(11-13-20)23-22(17(4)30(15-16(2)3)26(34)27-23)25-28-24(29-33-25)19-8-7-9-21(14-19)31-5/h7-14,16,23H,6,15H2,1-5H3,(H,27,34). The molecule has 0 spiro atoms. The maximum atomic E-state index is 5.81. The molecule has 0 bridgehead atoms. The maximum absolute atomic E-state index is 5.81. The fourth-order valence-electron chi connectivity index (χ4n) is 4.03. The molecule has 0 amide bonds. The number of allylic oxidation sites excluding steroid dienone is 1. The summed E-state index contributed by atoms with van der Waals surface area (Å²) >= 11 is 5.75. The molecule has 0 saturated carbocycles. The molecule has 0 radical (unpaired) electrons. The van der Waals surface area contributed by atoms with E-state index < -0.39 is 0 Å². The zero-order valence-corrected chi connectivity index (χ0v) is 21.0. The van der Waals surface area contributed by atoms with Gasteiger partial charge in [-0.3, -0.25) is 0 Å². The third kappa shape index (κ3) is 4.92. The lowest BCUT2D eigenvalue weighted by atomic mass is 9.94. The number of benzene rings is 2. The van der Waals surface area contributed by atoms with Crippen LogP contribution in [0.2, 0.25) is 0 Å². The third-order valence-electron chi connectivity index (χ3n) is 5.65. The number of ether oxygens (including phenoxy) is 2. The second-order valence-corrected chi connectivity index (χ2v) is 8.93. The Morgan fingerprint density at radius 1 is 1.15 bits per heavy atom. The van der Waals surface area contributed by atoms with Gasteiger partial charge in [0, 0.05) is 17.8 Å². The van der Waals surface area contributed by atoms with Gasteiger partial charge in [-0.2, -0.15) is 4.98 Å². The van der Waals surface area contributed by atoms with Gasteiger partial charge in [0.25, 0.3) is 5.89 Å². The van der Waals surface area contributed by atoms with Crippen LogP contribution < -0.4 is 14.8 Å². The van der Waals surface area contributed by atoms with Crippen molar-refractivity contribution in [3.8, 4) is 22.9 Å². The van der Waals surface area contributed by atoms with E-state index in [1.165, 1.54) is 0 Å². The van der Waals surface area contributed by atoms with Gasteiger partial charge in [-0.25, -0.2) is 0 Å². The number of nitrogens with one attached hydrogen (secondary N) is 1. The summed E-state index contributed by atoms with van der Waals surface area (Å²) < 4.78 is 16.8. The summed E-state index contributed by atoms with van der Waals surface area (Å²) in [5.41, 5.74) is 3.76. The molecule has 0 saturated heterocycles. The van der Waals surface area contributed by atoms with E-state index in [4.69, 9.17) is 31.2 Å². The monoisotopic (exact) mass is 478 g/mol. The molecule has 2 aromatic carbocycles. The summed E-state index contributed by atoms with van der Waals surface area (Å²) in [6.07, 6.45) is 0. The predicted molar refractivity (Wildman–Crippen MR) is 137 cm³/mol. The summed E-state index contributed by atoms with van der Waals surface area (Å²) in [4.78, 5) is 6.87. The molecule has 1 aliphatic heterocycles. The van der Waals surface area contributed by atoms with Gasteiger partial charge in [0.1, 0.15) is 11.5 Å². The first-order valence-electron chi connectivity index (χ1n) is 11.4. The van der Waals surface area contributed by atoms with Crippen molar-refractivity contribution >= 4 is 22.9 Å². The van der Waals surface area contributed by atoms with Gasteiger partial charge in [-0.15, -0.1) is 0 Å². The molecular formula is C26H30N4O3S. The first kappa shape index (κ1) is 23.8. The second-order valence-electron chi connectivity index (χ2n) is 8.54. The molecule has 7 nitrogen and oxygen atoms in total. The molecule has 3 aromatic rings. The van der Waals surface area contributed by atoms with Crippen molar-refractivity contribution in [2.45, 2.75) is 33.7 Å². The van der Waals surface area contributed by atoms with Crippen molar-refractivity contribution in [1.82, 2.24) is 20.4 Å². The minimum Gasteiger partial charge on any atom is -0.497 e. The van der Waals surface area contributed by atoms with E-state index in [-0.39, 0.29) is 6.04 Å². The topological polar surface area (TPSA) is 72.7 Å². The van der Waals surface area contributed by atoms with Crippen molar-refractivity contribution < 1.29 is 14.0 Å². The molecule has 1 aromatic heterocycles. The Labute approximate surface area is 205 Å². The number of hydrogen-bond donors (Lipinski definition) is 1. The zero-order valence-electron chi connectivity index (χ0n) is 20.2. The van der Waals surface area contributed by atoms with Gasteiger partial charge in [0.2, 0.25) is 5.82 Å². The molecule has 1 aliphatic rings. The van der Waals surface area contributed by atoms with Crippen molar-refractivity contribution in [2.24, 2.45) is 5.92 Å². The summed E-state index contributed by atoms with van der Waals surface area (Å²) in [7, 11) is 1.64. The number of thiocarbonyl (C=S) groups is 1. The quantitative estimate of drug-likeness (QED) is 0.428. The number of hydrogen-bond acceptors (Lipinski definition) is 6. The van der Waals surface area contributed by atoms with E-state index in [1.54, 1.807) is 7.11 Å². The number of aromatic nitrogens is 2. The van der Waals surface area contributed by atoms with Crippen molar-refractivity contribution in [1.29, 1.82) is 0 Å². The Bertz CT molecular complexity index is 1190. The Kier molecular flexibility index (Phi) is 7.17. The average molecular weight is 479 g/mol. The Hall–Kier alpha value is -3.39. The molecule has 1 atom stereocenters. The molecule has 0 aliphatic carbocycles. The highest BCUT2D eigenvalue weighted by atomic mass is 32.1. The van der Waals surface area contributed by atoms with Crippen molar-refractivity contribution in [2.75, 3.05) is 20.3 Å². The van der Waals surface area contributed by atoms with E-state index in [0.29, 0.717) is 29.4 Å². The van der Waals surface area contributed by atoms with Gasteiger partial charge < -0.3 is 24.2 Å². The lowest BCUT2D eigenvalue weighted by Gasteiger charge is -2.38. The fourth-order valence-corrected chi connectivity index (χ4v) is 4.36. The van der Waals surface area contributed by atoms with E-state index in [2.05, 4.69) is 36.1 Å². The van der Waals surface area contributed by atoms with Gasteiger partial charge >= 0.3 is 0 Å². The van der Waals surface area contributed by atoms with E-state index in [0.717, 1.165) is 40.4 Å². The summed E-state index contributed by atoms with van der Waals surface area (Å²) in [5.74, 6) is 2.94. The molecule has 8 heteroatoms. The number of nitrogens with zero attached hydrogens (tertiary/aromatic N) is 3. The van der Waals surface area contributed by atoms with Crippen LogP contribution in [0.5, 0.6) is 11.5 Å². The summed E-state index contributed by atoms with van der Waals surface area (Å²) in [6, 6.07) is 15.4. The first-order valence-corrected chi connectivity index (χ1v) is 11.8. The summed E-state index contributed by atoms with van der Waals surface area (Å²) in [5, 5.41) is 8.45. The van der Waals surface area contributed by atoms with Crippen molar-refractivity contribution in [3.63, 3.8) is 0 Å². The Morgan fingerprint density at radius 2 is 1.91 bits per heavy atom. The fraction of sp³-hybridized carbons (Fsp3) is 0.346. The lowest BCUT2D eigenvalue weighted by Crippen LogP contribution is -2.47. The minimum atomic E-state index is -0.231. The highest BCUT2D eigenvalue weighted by Crippen LogP contribution is 2.38. The third-order valence-corrected chi connectivity index (χ3v) is 5.99. The molecule has 2 heterocycles. The van der Waals surface area contributed by atoms with Crippen LogP contribution in [0.15, 0.2) is 58.8 Å². The zero-order chi connectivity index (χ0) is 24.2. The smallest absolute Gasteiger partial charge is 0.258 e. The van der Waals surface area contributed by atoms with Crippen LogP contribution in [0.4, 0.5) is 0 Å². The molecular weight excluding hydrogens is 448 g/mol. The SMILES string of the molecule is CCOc1ccc(C2NC(=S)N(CC(C)C)C(C)=C2c2nc(-c3cccc(OC)c3)no2)cc1. The van der Waals surface area contributed by atoms with Gasteiger partial charge in [0.15, 0.2) is 5.11 Å². The van der Waals surface area contributed by atoms with Crippen LogP contribution in [0.1, 0.15) is 45.2 Å². The molecule has 34 heavy (non-hydrogen) atoms. The average Bonchev–Trinajstić information content (AvgIpc) is 3.32. The van der Waals surface area contributed by atoms with Crippen LogP contribution in [-0.4, -0.2) is 40.4 Å². The predicted octanol–water partition coefficient (Wildman–Crippen LogP) is 5.46. The highest BCUT2D eigenvalue weighted by Gasteiger charge is 2.34. The highest BCUT2D eigenvalue weighted by molar-refractivity contribution is 7.80. The Morgan fingerprint density at radius 3 is 2.59 bits per heavy atom. The van der Waals surface area contributed by atoms with E-state index in [9.17, 15) is 0 Å². The molecule has 1 N–H and O–H groups in total. The van der Waals surface area contributed by atoms with E-state index in [1.807, 2.05) is 55.5 Å². The summed E-state index contributed by atoms with van der Waals surface area (Å²) in [6.45, 7) is 9.77. The van der Waals surface area contributed by atoms with Crippen LogP contribution >= 0.6 is 12.2 Å². The number of rotatable bonds is 8. The normalized spacial score (nSPS) is 16.1. The second kappa shape index (κ2) is 10.3. The maximum Gasteiger partial charge on any atom is 0.258 e. The Balaban J connectivity index is 1.78. The van der Waals surface area contributed by atoms with Gasteiger partial charge in [-0.05, 0) is 61.8 Å². The van der Waals surface area contributed by atoms with Crippen LogP contribution in [0.25, 0.3) is 17.0 Å². The number of methoxy groups -OCH3 is 1. The van der Waals surface area contributed by atoms with Crippen LogP contribution in [-0.2, 0) is 0 Å². The minimum absolute atomic E-state index is 0.231. The van der Waals surface area contributed by atoms with Crippen LogP contribution in [0.3, 0.4) is 0 Å². The largest absolute Gasteiger partial charge is 0.497 e. The first-order chi connectivity index (χ1) is 16.4. The van der Waals surface area contributed by atoms with Gasteiger partial charge in [0.05, 0.1) is 25.3 Å². The molecule has 0 fully saturated rings. The van der Waals surface area contributed by atoms with Gasteiger partial charge in [-0.1, -0.05) is 43.3 Å².